The number of aromatic amines is 1. The monoisotopic (exact) mass is 448 g/mol. The van der Waals surface area contributed by atoms with Crippen molar-refractivity contribution >= 4 is 16.8 Å². The number of nitrogens with zero attached hydrogens (tertiary/aromatic N) is 1. The predicted molar refractivity (Wildman–Crippen MR) is 128 cm³/mol. The number of benzene rings is 1. The SMILES string of the molecule is NCCCNCCCNCCCN(O)CCCCNC(=O)Cc1c[nH]c2cccc(O)c12. The Hall–Kier alpha value is -2.17. The van der Waals surface area contributed by atoms with E-state index in [9.17, 15) is 15.1 Å². The molecule has 0 spiro atoms. The highest BCUT2D eigenvalue weighted by atomic mass is 16.5. The molecule has 0 aliphatic carbocycles. The molecule has 0 fully saturated rings. The van der Waals surface area contributed by atoms with E-state index in [-0.39, 0.29) is 18.1 Å². The van der Waals surface area contributed by atoms with Gasteiger partial charge in [-0.05, 0) is 82.5 Å². The van der Waals surface area contributed by atoms with E-state index in [0.29, 0.717) is 25.0 Å². The zero-order chi connectivity index (χ0) is 23.0. The van der Waals surface area contributed by atoms with Crippen LogP contribution in [0.3, 0.4) is 0 Å². The molecule has 0 atom stereocenters. The van der Waals surface area contributed by atoms with Gasteiger partial charge in [0.25, 0.3) is 0 Å². The van der Waals surface area contributed by atoms with Crippen LogP contribution in [0.15, 0.2) is 24.4 Å². The molecule has 0 aliphatic rings. The van der Waals surface area contributed by atoms with Gasteiger partial charge in [0, 0.05) is 36.7 Å². The molecule has 0 bridgehead atoms. The van der Waals surface area contributed by atoms with Gasteiger partial charge in [0.2, 0.25) is 5.91 Å². The third kappa shape index (κ3) is 9.97. The quantitative estimate of drug-likeness (QED) is 0.135. The summed E-state index contributed by atoms with van der Waals surface area (Å²) in [5.41, 5.74) is 7.05. The third-order valence-electron chi connectivity index (χ3n) is 5.32. The number of phenolic OH excluding ortho intramolecular Hbond substituents is 1. The van der Waals surface area contributed by atoms with E-state index in [0.717, 1.165) is 75.9 Å². The molecule has 1 aromatic carbocycles. The maximum Gasteiger partial charge on any atom is 0.224 e. The second kappa shape index (κ2) is 15.6. The van der Waals surface area contributed by atoms with Crippen molar-refractivity contribution in [1.29, 1.82) is 0 Å². The number of hydroxylamine groups is 2. The summed E-state index contributed by atoms with van der Waals surface area (Å²) in [4.78, 5) is 15.3. The molecule has 32 heavy (non-hydrogen) atoms. The average Bonchev–Trinajstić information content (AvgIpc) is 3.18. The number of rotatable bonds is 18. The molecular weight excluding hydrogens is 408 g/mol. The van der Waals surface area contributed by atoms with Crippen molar-refractivity contribution in [2.24, 2.45) is 5.73 Å². The number of nitrogens with two attached hydrogens (primary N) is 1. The molecule has 9 nitrogen and oxygen atoms in total. The van der Waals surface area contributed by atoms with Crippen molar-refractivity contribution in [3.05, 3.63) is 30.0 Å². The lowest BCUT2D eigenvalue weighted by molar-refractivity contribution is -0.120. The second-order valence-corrected chi connectivity index (χ2v) is 8.05. The van der Waals surface area contributed by atoms with Crippen molar-refractivity contribution in [2.75, 3.05) is 52.4 Å². The van der Waals surface area contributed by atoms with Crippen molar-refractivity contribution < 1.29 is 15.1 Å². The Morgan fingerprint density at radius 1 is 0.969 bits per heavy atom. The summed E-state index contributed by atoms with van der Waals surface area (Å²) in [7, 11) is 0. The van der Waals surface area contributed by atoms with Gasteiger partial charge in [0.15, 0.2) is 0 Å². The summed E-state index contributed by atoms with van der Waals surface area (Å²) in [6.45, 7) is 6.37. The number of aromatic hydroxyl groups is 1. The summed E-state index contributed by atoms with van der Waals surface area (Å²) in [6.07, 6.45) is 6.60. The minimum atomic E-state index is -0.0735. The van der Waals surface area contributed by atoms with E-state index >= 15 is 0 Å². The first-order chi connectivity index (χ1) is 15.6. The standard InChI is InChI=1S/C23H40N6O3/c24-9-4-10-25-11-5-12-26-13-6-16-29(32)15-2-1-14-27-22(31)17-19-18-28-20-7-3-8-21(30)23(19)20/h3,7-8,18,25-26,28,30,32H,1-2,4-6,9-17,24H2,(H,27,31). The van der Waals surface area contributed by atoms with Crippen molar-refractivity contribution in [3.63, 3.8) is 0 Å². The van der Waals surface area contributed by atoms with Crippen LogP contribution in [0, 0.1) is 0 Å². The molecule has 1 aromatic heterocycles. The number of unbranched alkanes of at least 4 members (excludes halogenated alkanes) is 1. The van der Waals surface area contributed by atoms with Gasteiger partial charge >= 0.3 is 0 Å². The van der Waals surface area contributed by atoms with Crippen LogP contribution in [0.2, 0.25) is 0 Å². The summed E-state index contributed by atoms with van der Waals surface area (Å²) in [6, 6.07) is 5.26. The van der Waals surface area contributed by atoms with Gasteiger partial charge in [0.1, 0.15) is 5.75 Å². The Bertz CT molecular complexity index is 782. The fourth-order valence-corrected chi connectivity index (χ4v) is 3.57. The molecule has 8 N–H and O–H groups in total. The van der Waals surface area contributed by atoms with Gasteiger partial charge in [0.05, 0.1) is 6.42 Å². The fourth-order valence-electron chi connectivity index (χ4n) is 3.57. The van der Waals surface area contributed by atoms with Gasteiger partial charge in [-0.3, -0.25) is 4.79 Å². The number of hydrogen-bond donors (Lipinski definition) is 7. The Morgan fingerprint density at radius 2 is 1.69 bits per heavy atom. The number of amides is 1. The van der Waals surface area contributed by atoms with E-state index in [1.807, 2.05) is 6.07 Å². The van der Waals surface area contributed by atoms with Gasteiger partial charge < -0.3 is 37.0 Å². The van der Waals surface area contributed by atoms with Crippen LogP contribution in [0.5, 0.6) is 5.75 Å². The van der Waals surface area contributed by atoms with Crippen LogP contribution in [0.1, 0.15) is 37.7 Å². The zero-order valence-electron chi connectivity index (χ0n) is 19.0. The molecule has 1 heterocycles. The lowest BCUT2D eigenvalue weighted by Crippen LogP contribution is -2.29. The number of aromatic nitrogens is 1. The minimum absolute atomic E-state index is 0.0735. The van der Waals surface area contributed by atoms with Gasteiger partial charge in [-0.25, -0.2) is 0 Å². The van der Waals surface area contributed by atoms with Gasteiger partial charge in [-0.2, -0.15) is 5.06 Å². The zero-order valence-corrected chi connectivity index (χ0v) is 19.0. The highest BCUT2D eigenvalue weighted by Gasteiger charge is 2.11. The number of carbonyl (C=O) groups excluding carboxylic acids is 1. The molecule has 0 unspecified atom stereocenters. The molecule has 2 rings (SSSR count). The van der Waals surface area contributed by atoms with E-state index in [2.05, 4.69) is 20.9 Å². The maximum absolute atomic E-state index is 12.2. The first kappa shape index (κ1) is 26.1. The predicted octanol–water partition coefficient (Wildman–Crippen LogP) is 1.31. The van der Waals surface area contributed by atoms with Crippen LogP contribution in [0.4, 0.5) is 0 Å². The average molecular weight is 449 g/mol. The number of hydrogen-bond acceptors (Lipinski definition) is 7. The van der Waals surface area contributed by atoms with Crippen LogP contribution >= 0.6 is 0 Å². The molecule has 0 aliphatic heterocycles. The number of H-pyrrole nitrogens is 1. The lowest BCUT2D eigenvalue weighted by atomic mass is 10.1. The highest BCUT2D eigenvalue weighted by molar-refractivity contribution is 5.92. The number of phenols is 1. The van der Waals surface area contributed by atoms with Gasteiger partial charge in [-0.1, -0.05) is 6.07 Å². The number of nitrogens with one attached hydrogen (secondary N) is 4. The summed E-state index contributed by atoms with van der Waals surface area (Å²) in [5, 5.41) is 31.7. The minimum Gasteiger partial charge on any atom is -0.507 e. The van der Waals surface area contributed by atoms with Crippen molar-refractivity contribution in [3.8, 4) is 5.75 Å². The Kier molecular flexibility index (Phi) is 12.7. The smallest absolute Gasteiger partial charge is 0.224 e. The van der Waals surface area contributed by atoms with Crippen LogP contribution in [0.25, 0.3) is 10.9 Å². The van der Waals surface area contributed by atoms with E-state index in [1.165, 1.54) is 5.06 Å². The van der Waals surface area contributed by atoms with Crippen LogP contribution in [-0.4, -0.2) is 78.6 Å². The largest absolute Gasteiger partial charge is 0.507 e. The number of carbonyl (C=O) groups is 1. The first-order valence-electron chi connectivity index (χ1n) is 11.7. The van der Waals surface area contributed by atoms with Crippen molar-refractivity contribution in [2.45, 2.75) is 38.5 Å². The van der Waals surface area contributed by atoms with E-state index in [1.54, 1.807) is 18.3 Å². The van der Waals surface area contributed by atoms with E-state index in [4.69, 9.17) is 5.73 Å². The Labute approximate surface area is 190 Å². The molecule has 180 valence electrons. The molecule has 1 amide bonds. The fraction of sp³-hybridized carbons (Fsp3) is 0.609. The summed E-state index contributed by atoms with van der Waals surface area (Å²) < 4.78 is 0. The highest BCUT2D eigenvalue weighted by Crippen LogP contribution is 2.27. The molecule has 2 aromatic rings. The topological polar surface area (TPSA) is 139 Å². The summed E-state index contributed by atoms with van der Waals surface area (Å²) in [5.74, 6) is 0.107. The maximum atomic E-state index is 12.2. The second-order valence-electron chi connectivity index (χ2n) is 8.05. The molecule has 0 radical (unpaired) electrons. The van der Waals surface area contributed by atoms with E-state index < -0.39 is 0 Å². The lowest BCUT2D eigenvalue weighted by Gasteiger charge is -2.15. The summed E-state index contributed by atoms with van der Waals surface area (Å²) >= 11 is 0. The van der Waals surface area contributed by atoms with Crippen molar-refractivity contribution in [1.82, 2.24) is 26.0 Å². The Balaban J connectivity index is 1.44. The first-order valence-corrected chi connectivity index (χ1v) is 11.7. The Morgan fingerprint density at radius 3 is 2.47 bits per heavy atom. The molecule has 9 heteroatoms. The number of fused-ring (bicyclic) bond motifs is 1. The van der Waals surface area contributed by atoms with Gasteiger partial charge in [-0.15, -0.1) is 0 Å². The molecule has 0 saturated heterocycles. The normalized spacial score (nSPS) is 11.5. The molecule has 0 saturated carbocycles. The molecular formula is C23H40N6O3. The van der Waals surface area contributed by atoms with Crippen LogP contribution < -0.4 is 21.7 Å². The third-order valence-corrected chi connectivity index (χ3v) is 5.32. The van der Waals surface area contributed by atoms with Crippen LogP contribution in [-0.2, 0) is 11.2 Å².